The molecule has 84 valence electrons. The summed E-state index contributed by atoms with van der Waals surface area (Å²) in [6.07, 6.45) is 2.76. The fraction of sp³-hybridized carbons (Fsp3) is 0.545. The third-order valence-corrected chi connectivity index (χ3v) is 2.42. The number of likely N-dealkylation sites (N-methyl/N-ethyl adjacent to an activating group) is 1. The van der Waals surface area contributed by atoms with Crippen LogP contribution in [0.4, 0.5) is 0 Å². The van der Waals surface area contributed by atoms with Gasteiger partial charge in [-0.2, -0.15) is 0 Å². The Morgan fingerprint density at radius 1 is 1.60 bits per heavy atom. The lowest BCUT2D eigenvalue weighted by Gasteiger charge is -2.16. The molecule has 1 unspecified atom stereocenters. The average molecular weight is 229 g/mol. The minimum absolute atomic E-state index is 0.0604. The van der Waals surface area contributed by atoms with Crippen molar-refractivity contribution in [3.63, 3.8) is 0 Å². The number of hydrogen-bond donors (Lipinski definition) is 1. The first kappa shape index (κ1) is 12.4. The monoisotopic (exact) mass is 228 g/mol. The molecule has 0 spiro atoms. The molecule has 0 aromatic carbocycles. The molecule has 0 radical (unpaired) electrons. The van der Waals surface area contributed by atoms with Crippen LogP contribution in [0, 0.1) is 0 Å². The molecular weight excluding hydrogens is 212 g/mol. The largest absolute Gasteiger partial charge is 0.379 e. The summed E-state index contributed by atoms with van der Waals surface area (Å²) < 4.78 is 5.48. The van der Waals surface area contributed by atoms with Crippen LogP contribution in [0.5, 0.6) is 0 Å². The highest BCUT2D eigenvalue weighted by Crippen LogP contribution is 2.19. The van der Waals surface area contributed by atoms with E-state index in [1.165, 1.54) is 0 Å². The number of nitrogens with zero attached hydrogens (tertiary/aromatic N) is 1. The number of nitrogens with one attached hydrogen (secondary N) is 1. The molecule has 1 aromatic heterocycles. The van der Waals surface area contributed by atoms with Crippen molar-refractivity contribution in [3.8, 4) is 0 Å². The predicted molar refractivity (Wildman–Crippen MR) is 62.2 cm³/mol. The Kier molecular flexibility index (Phi) is 5.61. The first-order chi connectivity index (χ1) is 7.29. The average Bonchev–Trinajstić information content (AvgIpc) is 2.26. The fourth-order valence-corrected chi connectivity index (χ4v) is 1.55. The van der Waals surface area contributed by atoms with Crippen LogP contribution in [0.3, 0.4) is 0 Å². The van der Waals surface area contributed by atoms with E-state index in [0.717, 1.165) is 18.7 Å². The van der Waals surface area contributed by atoms with E-state index in [1.54, 1.807) is 6.20 Å². The zero-order chi connectivity index (χ0) is 11.1. The Balaban J connectivity index is 2.61. The molecule has 1 rings (SSSR count). The maximum atomic E-state index is 6.05. The molecule has 0 saturated carbocycles. The van der Waals surface area contributed by atoms with E-state index in [9.17, 15) is 0 Å². The van der Waals surface area contributed by atoms with Gasteiger partial charge in [0.2, 0.25) is 0 Å². The molecule has 4 heteroatoms. The van der Waals surface area contributed by atoms with Gasteiger partial charge in [0.1, 0.15) is 0 Å². The highest BCUT2D eigenvalue weighted by molar-refractivity contribution is 6.31. The molecule has 0 aliphatic rings. The third-order valence-electron chi connectivity index (χ3n) is 2.10. The summed E-state index contributed by atoms with van der Waals surface area (Å²) in [6, 6.07) is 3.73. The van der Waals surface area contributed by atoms with Crippen molar-refractivity contribution in [2.45, 2.75) is 19.4 Å². The van der Waals surface area contributed by atoms with Gasteiger partial charge < -0.3 is 10.1 Å². The van der Waals surface area contributed by atoms with Gasteiger partial charge in [-0.1, -0.05) is 18.5 Å². The zero-order valence-corrected chi connectivity index (χ0v) is 9.92. The van der Waals surface area contributed by atoms with Gasteiger partial charge in [-0.05, 0) is 25.6 Å². The van der Waals surface area contributed by atoms with Crippen molar-refractivity contribution in [1.29, 1.82) is 0 Å². The van der Waals surface area contributed by atoms with Crippen molar-refractivity contribution in [2.24, 2.45) is 0 Å². The van der Waals surface area contributed by atoms with E-state index in [0.29, 0.717) is 11.6 Å². The topological polar surface area (TPSA) is 34.1 Å². The third kappa shape index (κ3) is 3.78. The number of pyridine rings is 1. The summed E-state index contributed by atoms with van der Waals surface area (Å²) >= 11 is 6.05. The van der Waals surface area contributed by atoms with Gasteiger partial charge in [-0.25, -0.2) is 0 Å². The molecule has 0 amide bonds. The first-order valence-corrected chi connectivity index (χ1v) is 5.52. The summed E-state index contributed by atoms with van der Waals surface area (Å²) in [5, 5.41) is 3.82. The Morgan fingerprint density at radius 2 is 2.40 bits per heavy atom. The molecule has 1 N–H and O–H groups in total. The molecule has 0 bridgehead atoms. The van der Waals surface area contributed by atoms with Crippen LogP contribution in [0.1, 0.15) is 25.1 Å². The number of ether oxygens (including phenoxy) is 1. The molecule has 1 atom stereocenters. The second-order valence-corrected chi connectivity index (χ2v) is 3.69. The summed E-state index contributed by atoms with van der Waals surface area (Å²) in [7, 11) is 1.88. The second-order valence-electron chi connectivity index (χ2n) is 3.29. The van der Waals surface area contributed by atoms with Crippen LogP contribution in [0.25, 0.3) is 0 Å². The molecule has 15 heavy (non-hydrogen) atoms. The number of halogens is 1. The predicted octanol–water partition coefficient (Wildman–Crippen LogP) is 2.42. The number of rotatable bonds is 6. The molecule has 0 aliphatic heterocycles. The Labute approximate surface area is 95.8 Å². The minimum Gasteiger partial charge on any atom is -0.379 e. The molecular formula is C11H17ClN2O. The van der Waals surface area contributed by atoms with Gasteiger partial charge in [0, 0.05) is 12.8 Å². The highest BCUT2D eigenvalue weighted by atomic mass is 35.5. The molecule has 0 saturated heterocycles. The lowest BCUT2D eigenvalue weighted by atomic mass is 10.2. The van der Waals surface area contributed by atoms with Crippen LogP contribution < -0.4 is 5.32 Å². The van der Waals surface area contributed by atoms with Crippen molar-refractivity contribution < 1.29 is 4.74 Å². The fourth-order valence-electron chi connectivity index (χ4n) is 1.30. The van der Waals surface area contributed by atoms with Crippen molar-refractivity contribution in [2.75, 3.05) is 20.3 Å². The zero-order valence-electron chi connectivity index (χ0n) is 9.16. The summed E-state index contributed by atoms with van der Waals surface area (Å²) in [6.45, 7) is 3.45. The summed E-state index contributed by atoms with van der Waals surface area (Å²) in [5.41, 5.74) is 0.845. The highest BCUT2D eigenvalue weighted by Gasteiger charge is 2.13. The standard InChI is InChI=1S/C11H17ClN2O/c1-3-7-15-8-10(13-2)11-9(12)5-4-6-14-11/h4-6,10,13H,3,7-8H2,1-2H3. The summed E-state index contributed by atoms with van der Waals surface area (Å²) in [4.78, 5) is 4.25. The molecule has 1 aromatic rings. The smallest absolute Gasteiger partial charge is 0.0782 e. The summed E-state index contributed by atoms with van der Waals surface area (Å²) in [5.74, 6) is 0. The molecule has 1 heterocycles. The van der Waals surface area contributed by atoms with E-state index in [2.05, 4.69) is 17.2 Å². The van der Waals surface area contributed by atoms with E-state index in [4.69, 9.17) is 16.3 Å². The van der Waals surface area contributed by atoms with Crippen LogP contribution in [-0.2, 0) is 4.74 Å². The molecule has 0 fully saturated rings. The second kappa shape index (κ2) is 6.77. The van der Waals surface area contributed by atoms with Gasteiger partial charge in [-0.3, -0.25) is 4.98 Å². The van der Waals surface area contributed by atoms with Gasteiger partial charge in [0.25, 0.3) is 0 Å². The Hall–Kier alpha value is -0.640. The Bertz CT molecular complexity index is 294. The lowest BCUT2D eigenvalue weighted by molar-refractivity contribution is 0.113. The molecule has 0 aliphatic carbocycles. The van der Waals surface area contributed by atoms with Gasteiger partial charge in [0.05, 0.1) is 23.4 Å². The SMILES string of the molecule is CCCOCC(NC)c1ncccc1Cl. The van der Waals surface area contributed by atoms with Crippen LogP contribution in [0.15, 0.2) is 18.3 Å². The van der Waals surface area contributed by atoms with Gasteiger partial charge in [-0.15, -0.1) is 0 Å². The van der Waals surface area contributed by atoms with Crippen molar-refractivity contribution in [3.05, 3.63) is 29.0 Å². The van der Waals surface area contributed by atoms with E-state index < -0.39 is 0 Å². The molecule has 3 nitrogen and oxygen atoms in total. The van der Waals surface area contributed by atoms with E-state index in [-0.39, 0.29) is 6.04 Å². The first-order valence-electron chi connectivity index (χ1n) is 5.15. The van der Waals surface area contributed by atoms with Crippen LogP contribution in [0.2, 0.25) is 5.02 Å². The van der Waals surface area contributed by atoms with Crippen molar-refractivity contribution >= 4 is 11.6 Å². The van der Waals surface area contributed by atoms with Gasteiger partial charge in [0.15, 0.2) is 0 Å². The number of hydrogen-bond acceptors (Lipinski definition) is 3. The quantitative estimate of drug-likeness (QED) is 0.760. The maximum absolute atomic E-state index is 6.05. The van der Waals surface area contributed by atoms with Gasteiger partial charge >= 0.3 is 0 Å². The van der Waals surface area contributed by atoms with E-state index >= 15 is 0 Å². The Morgan fingerprint density at radius 3 is 3.00 bits per heavy atom. The maximum Gasteiger partial charge on any atom is 0.0782 e. The number of aromatic nitrogens is 1. The normalized spacial score (nSPS) is 12.7. The van der Waals surface area contributed by atoms with Crippen LogP contribution >= 0.6 is 11.6 Å². The van der Waals surface area contributed by atoms with Crippen LogP contribution in [-0.4, -0.2) is 25.2 Å². The van der Waals surface area contributed by atoms with E-state index in [1.807, 2.05) is 19.2 Å². The minimum atomic E-state index is 0.0604. The van der Waals surface area contributed by atoms with Crippen molar-refractivity contribution in [1.82, 2.24) is 10.3 Å². The lowest BCUT2D eigenvalue weighted by Crippen LogP contribution is -2.23.